The highest BCUT2D eigenvalue weighted by molar-refractivity contribution is 7.92. The highest BCUT2D eigenvalue weighted by Crippen LogP contribution is 2.23. The molecule has 0 spiro atoms. The van der Waals surface area contributed by atoms with Crippen molar-refractivity contribution in [3.63, 3.8) is 0 Å². The third-order valence-electron chi connectivity index (χ3n) is 3.87. The standard InChI is InChI=1S/C18H19ClN2O5S/c1-11-4-5-13(8-12(11)2)21-27(24,25)14-6-7-16(19)15(9-14)18(23)20-10-17(22)26-3/h4-9,21H,10H2,1-3H3,(H,20,23). The van der Waals surface area contributed by atoms with Crippen LogP contribution in [-0.2, 0) is 19.6 Å². The zero-order valence-corrected chi connectivity index (χ0v) is 16.6. The summed E-state index contributed by atoms with van der Waals surface area (Å²) in [7, 11) is -2.74. The number of aryl methyl sites for hydroxylation is 2. The van der Waals surface area contributed by atoms with Crippen LogP contribution in [0.4, 0.5) is 5.69 Å². The van der Waals surface area contributed by atoms with Crippen molar-refractivity contribution in [2.75, 3.05) is 18.4 Å². The van der Waals surface area contributed by atoms with Gasteiger partial charge in [-0.2, -0.15) is 0 Å². The minimum absolute atomic E-state index is 0.0579. The van der Waals surface area contributed by atoms with Crippen molar-refractivity contribution in [3.8, 4) is 0 Å². The molecule has 144 valence electrons. The van der Waals surface area contributed by atoms with Gasteiger partial charge in [0.1, 0.15) is 6.54 Å². The largest absolute Gasteiger partial charge is 0.468 e. The van der Waals surface area contributed by atoms with Crippen molar-refractivity contribution in [2.45, 2.75) is 18.7 Å². The monoisotopic (exact) mass is 410 g/mol. The molecule has 0 heterocycles. The second kappa shape index (κ2) is 8.41. The summed E-state index contributed by atoms with van der Waals surface area (Å²) in [5, 5.41) is 2.38. The molecule has 0 aliphatic carbocycles. The molecule has 27 heavy (non-hydrogen) atoms. The van der Waals surface area contributed by atoms with E-state index in [0.29, 0.717) is 5.69 Å². The first-order valence-electron chi connectivity index (χ1n) is 7.88. The van der Waals surface area contributed by atoms with E-state index < -0.39 is 21.9 Å². The Morgan fingerprint density at radius 1 is 1.07 bits per heavy atom. The molecule has 1 amide bonds. The van der Waals surface area contributed by atoms with Crippen molar-refractivity contribution in [2.24, 2.45) is 0 Å². The normalized spacial score (nSPS) is 11.0. The van der Waals surface area contributed by atoms with Gasteiger partial charge in [-0.15, -0.1) is 0 Å². The second-order valence-corrected chi connectivity index (χ2v) is 7.89. The highest BCUT2D eigenvalue weighted by Gasteiger charge is 2.19. The molecule has 0 atom stereocenters. The Labute approximate surface area is 162 Å². The van der Waals surface area contributed by atoms with E-state index in [1.807, 2.05) is 13.8 Å². The van der Waals surface area contributed by atoms with Gasteiger partial charge < -0.3 is 10.1 Å². The van der Waals surface area contributed by atoms with Gasteiger partial charge in [0, 0.05) is 5.69 Å². The van der Waals surface area contributed by atoms with Crippen LogP contribution in [-0.4, -0.2) is 33.9 Å². The van der Waals surface area contributed by atoms with Crippen LogP contribution >= 0.6 is 11.6 Å². The molecule has 0 aromatic heterocycles. The van der Waals surface area contributed by atoms with Crippen LogP contribution in [0.2, 0.25) is 5.02 Å². The first-order chi connectivity index (χ1) is 12.6. The molecule has 2 N–H and O–H groups in total. The van der Waals surface area contributed by atoms with Crippen molar-refractivity contribution in [3.05, 3.63) is 58.1 Å². The summed E-state index contributed by atoms with van der Waals surface area (Å²) < 4.78 is 32.2. The molecule has 0 unspecified atom stereocenters. The molecular weight excluding hydrogens is 392 g/mol. The summed E-state index contributed by atoms with van der Waals surface area (Å²) in [6, 6.07) is 8.93. The van der Waals surface area contributed by atoms with E-state index >= 15 is 0 Å². The minimum Gasteiger partial charge on any atom is -0.468 e. The van der Waals surface area contributed by atoms with E-state index in [9.17, 15) is 18.0 Å². The smallest absolute Gasteiger partial charge is 0.325 e. The zero-order chi connectivity index (χ0) is 20.2. The lowest BCUT2D eigenvalue weighted by Gasteiger charge is -2.12. The maximum absolute atomic E-state index is 12.6. The number of anilines is 1. The fourth-order valence-electron chi connectivity index (χ4n) is 2.18. The maximum atomic E-state index is 12.6. The van der Waals surface area contributed by atoms with Crippen LogP contribution in [0.5, 0.6) is 0 Å². The van der Waals surface area contributed by atoms with E-state index in [4.69, 9.17) is 11.6 Å². The number of halogens is 1. The van der Waals surface area contributed by atoms with Crippen LogP contribution in [0, 0.1) is 13.8 Å². The maximum Gasteiger partial charge on any atom is 0.325 e. The number of carbonyl (C=O) groups is 2. The molecule has 2 aromatic carbocycles. The van der Waals surface area contributed by atoms with Crippen molar-refractivity contribution < 1.29 is 22.7 Å². The van der Waals surface area contributed by atoms with Gasteiger partial charge in [0.25, 0.3) is 15.9 Å². The average Bonchev–Trinajstić information content (AvgIpc) is 2.62. The van der Waals surface area contributed by atoms with Crippen LogP contribution in [0.15, 0.2) is 41.3 Å². The minimum atomic E-state index is -3.93. The molecule has 0 saturated heterocycles. The highest BCUT2D eigenvalue weighted by atomic mass is 35.5. The van der Waals surface area contributed by atoms with Gasteiger partial charge in [-0.1, -0.05) is 17.7 Å². The summed E-state index contributed by atoms with van der Waals surface area (Å²) in [6.07, 6.45) is 0. The lowest BCUT2D eigenvalue weighted by atomic mass is 10.1. The average molecular weight is 411 g/mol. The lowest BCUT2D eigenvalue weighted by molar-refractivity contribution is -0.139. The summed E-state index contributed by atoms with van der Waals surface area (Å²) in [4.78, 5) is 23.2. The van der Waals surface area contributed by atoms with Gasteiger partial charge in [-0.25, -0.2) is 8.42 Å². The van der Waals surface area contributed by atoms with E-state index in [2.05, 4.69) is 14.8 Å². The van der Waals surface area contributed by atoms with Crippen molar-refractivity contribution >= 4 is 39.2 Å². The Balaban J connectivity index is 2.28. The van der Waals surface area contributed by atoms with Gasteiger partial charge in [-0.05, 0) is 55.3 Å². The Bertz CT molecular complexity index is 989. The summed E-state index contributed by atoms with van der Waals surface area (Å²) >= 11 is 6.00. The number of hydrogen-bond acceptors (Lipinski definition) is 5. The van der Waals surface area contributed by atoms with Gasteiger partial charge in [0.2, 0.25) is 0 Å². The van der Waals surface area contributed by atoms with E-state index in [0.717, 1.165) is 17.2 Å². The van der Waals surface area contributed by atoms with Crippen LogP contribution in [0.1, 0.15) is 21.5 Å². The van der Waals surface area contributed by atoms with Crippen molar-refractivity contribution in [1.82, 2.24) is 5.32 Å². The Morgan fingerprint density at radius 3 is 2.41 bits per heavy atom. The molecule has 0 aliphatic heterocycles. The Morgan fingerprint density at radius 2 is 1.78 bits per heavy atom. The number of methoxy groups -OCH3 is 1. The number of rotatable bonds is 6. The van der Waals surface area contributed by atoms with Crippen LogP contribution in [0.3, 0.4) is 0 Å². The predicted octanol–water partition coefficient (Wildman–Crippen LogP) is 2.66. The number of carbonyl (C=O) groups excluding carboxylic acids is 2. The SMILES string of the molecule is COC(=O)CNC(=O)c1cc(S(=O)(=O)Nc2ccc(C)c(C)c2)ccc1Cl. The topological polar surface area (TPSA) is 102 Å². The number of amides is 1. The van der Waals surface area contributed by atoms with Gasteiger partial charge in [-0.3, -0.25) is 14.3 Å². The lowest BCUT2D eigenvalue weighted by Crippen LogP contribution is -2.30. The summed E-state index contributed by atoms with van der Waals surface area (Å²) in [5.41, 5.74) is 2.32. The number of sulfonamides is 1. The quantitative estimate of drug-likeness (QED) is 0.713. The van der Waals surface area contributed by atoms with E-state index in [-0.39, 0.29) is 22.0 Å². The number of benzene rings is 2. The Hall–Kier alpha value is -2.58. The zero-order valence-electron chi connectivity index (χ0n) is 15.0. The molecule has 2 aromatic rings. The fourth-order valence-corrected chi connectivity index (χ4v) is 3.46. The molecule has 0 bridgehead atoms. The summed E-state index contributed by atoms with van der Waals surface area (Å²) in [5.74, 6) is -1.33. The molecule has 0 radical (unpaired) electrons. The molecule has 0 fully saturated rings. The number of nitrogens with one attached hydrogen (secondary N) is 2. The first kappa shape index (κ1) is 20.7. The molecule has 9 heteroatoms. The molecule has 7 nitrogen and oxygen atoms in total. The molecular formula is C18H19ClN2O5S. The fraction of sp³-hybridized carbons (Fsp3) is 0.222. The van der Waals surface area contributed by atoms with E-state index in [1.54, 1.807) is 18.2 Å². The second-order valence-electron chi connectivity index (χ2n) is 5.80. The van der Waals surface area contributed by atoms with Crippen molar-refractivity contribution in [1.29, 1.82) is 0 Å². The van der Waals surface area contributed by atoms with Crippen LogP contribution in [0.25, 0.3) is 0 Å². The number of hydrogen-bond donors (Lipinski definition) is 2. The Kier molecular flexibility index (Phi) is 6.45. The molecule has 2 rings (SSSR count). The van der Waals surface area contributed by atoms with E-state index in [1.165, 1.54) is 19.2 Å². The van der Waals surface area contributed by atoms with Gasteiger partial charge >= 0.3 is 5.97 Å². The summed E-state index contributed by atoms with van der Waals surface area (Å²) in [6.45, 7) is 3.44. The first-order valence-corrected chi connectivity index (χ1v) is 9.75. The number of esters is 1. The third kappa shape index (κ3) is 5.21. The van der Waals surface area contributed by atoms with Crippen LogP contribution < -0.4 is 10.0 Å². The van der Waals surface area contributed by atoms with Gasteiger partial charge in [0.05, 0.1) is 22.6 Å². The molecule has 0 aliphatic rings. The van der Waals surface area contributed by atoms with Gasteiger partial charge in [0.15, 0.2) is 0 Å². The predicted molar refractivity (Wildman–Crippen MR) is 103 cm³/mol. The molecule has 0 saturated carbocycles. The third-order valence-corrected chi connectivity index (χ3v) is 5.58. The number of ether oxygens (including phenoxy) is 1.